The smallest absolute Gasteiger partial charge is 0.223 e. The van der Waals surface area contributed by atoms with Crippen LogP contribution >= 0.6 is 0 Å². The lowest BCUT2D eigenvalue weighted by atomic mass is 9.98. The average Bonchev–Trinajstić information content (AvgIpc) is 2.40. The van der Waals surface area contributed by atoms with Crippen LogP contribution in [0, 0.1) is 11.6 Å². The SMILES string of the molecule is CC1CC(N)CCN1C(=O)CCc1cccc(F)c1F. The van der Waals surface area contributed by atoms with Crippen LogP contribution in [-0.2, 0) is 11.2 Å². The molecule has 0 saturated carbocycles. The van der Waals surface area contributed by atoms with E-state index in [2.05, 4.69) is 0 Å². The number of aryl methyl sites for hydroxylation is 1. The van der Waals surface area contributed by atoms with Crippen molar-refractivity contribution < 1.29 is 13.6 Å². The van der Waals surface area contributed by atoms with Gasteiger partial charge in [-0.1, -0.05) is 12.1 Å². The molecular formula is C15H20F2N2O. The van der Waals surface area contributed by atoms with Crippen molar-refractivity contribution in [3.8, 4) is 0 Å². The van der Waals surface area contributed by atoms with Crippen molar-refractivity contribution in [1.29, 1.82) is 0 Å². The third-order valence-electron chi connectivity index (χ3n) is 3.88. The zero-order valence-electron chi connectivity index (χ0n) is 11.6. The van der Waals surface area contributed by atoms with E-state index < -0.39 is 11.6 Å². The van der Waals surface area contributed by atoms with Crippen molar-refractivity contribution in [3.63, 3.8) is 0 Å². The van der Waals surface area contributed by atoms with E-state index in [1.165, 1.54) is 12.1 Å². The van der Waals surface area contributed by atoms with Crippen molar-refractivity contribution in [3.05, 3.63) is 35.4 Å². The second kappa shape index (κ2) is 6.31. The largest absolute Gasteiger partial charge is 0.340 e. The first kappa shape index (κ1) is 14.9. The van der Waals surface area contributed by atoms with Gasteiger partial charge in [-0.2, -0.15) is 0 Å². The van der Waals surface area contributed by atoms with Crippen molar-refractivity contribution in [2.75, 3.05) is 6.54 Å². The molecule has 0 spiro atoms. The van der Waals surface area contributed by atoms with Gasteiger partial charge in [-0.05, 0) is 37.8 Å². The zero-order valence-corrected chi connectivity index (χ0v) is 11.6. The number of hydrogen-bond donors (Lipinski definition) is 1. The highest BCUT2D eigenvalue weighted by Gasteiger charge is 2.26. The second-order valence-electron chi connectivity index (χ2n) is 5.43. The molecule has 3 nitrogen and oxygen atoms in total. The molecule has 1 aliphatic rings. The molecule has 2 N–H and O–H groups in total. The van der Waals surface area contributed by atoms with Gasteiger partial charge in [-0.25, -0.2) is 8.78 Å². The summed E-state index contributed by atoms with van der Waals surface area (Å²) in [5, 5.41) is 0. The number of likely N-dealkylation sites (tertiary alicyclic amines) is 1. The average molecular weight is 282 g/mol. The highest BCUT2D eigenvalue weighted by atomic mass is 19.2. The lowest BCUT2D eigenvalue weighted by molar-refractivity contribution is -0.134. The van der Waals surface area contributed by atoms with Crippen LogP contribution in [-0.4, -0.2) is 29.4 Å². The van der Waals surface area contributed by atoms with Crippen molar-refractivity contribution in [2.24, 2.45) is 5.73 Å². The number of hydrogen-bond acceptors (Lipinski definition) is 2. The summed E-state index contributed by atoms with van der Waals surface area (Å²) in [5.41, 5.74) is 6.11. The molecule has 2 unspecified atom stereocenters. The highest BCUT2D eigenvalue weighted by molar-refractivity contribution is 5.76. The summed E-state index contributed by atoms with van der Waals surface area (Å²) >= 11 is 0. The molecule has 1 aromatic carbocycles. The summed E-state index contributed by atoms with van der Waals surface area (Å²) in [5.74, 6) is -1.74. The van der Waals surface area contributed by atoms with Crippen LogP contribution in [0.2, 0.25) is 0 Å². The Bertz CT molecular complexity index is 493. The van der Waals surface area contributed by atoms with Gasteiger partial charge in [-0.3, -0.25) is 4.79 Å². The minimum Gasteiger partial charge on any atom is -0.340 e. The Morgan fingerprint density at radius 1 is 1.45 bits per heavy atom. The molecule has 2 atom stereocenters. The minimum absolute atomic E-state index is 0.0203. The van der Waals surface area contributed by atoms with E-state index in [0.717, 1.165) is 18.9 Å². The Morgan fingerprint density at radius 2 is 2.20 bits per heavy atom. The van der Waals surface area contributed by atoms with Gasteiger partial charge >= 0.3 is 0 Å². The van der Waals surface area contributed by atoms with Gasteiger partial charge in [-0.15, -0.1) is 0 Å². The molecule has 110 valence electrons. The lowest BCUT2D eigenvalue weighted by Gasteiger charge is -2.36. The van der Waals surface area contributed by atoms with Crippen LogP contribution < -0.4 is 5.73 Å². The number of carbonyl (C=O) groups is 1. The fourth-order valence-corrected chi connectivity index (χ4v) is 2.71. The monoisotopic (exact) mass is 282 g/mol. The molecule has 1 aliphatic heterocycles. The lowest BCUT2D eigenvalue weighted by Crippen LogP contribution is -2.48. The number of carbonyl (C=O) groups excluding carboxylic acids is 1. The first-order valence-electron chi connectivity index (χ1n) is 6.97. The van der Waals surface area contributed by atoms with E-state index in [0.29, 0.717) is 6.54 Å². The molecule has 1 heterocycles. The predicted octanol–water partition coefficient (Wildman–Crippen LogP) is 2.24. The number of benzene rings is 1. The fourth-order valence-electron chi connectivity index (χ4n) is 2.71. The summed E-state index contributed by atoms with van der Waals surface area (Å²) in [7, 11) is 0. The number of halogens is 2. The standard InChI is InChI=1S/C15H20F2N2O/c1-10-9-12(18)7-8-19(10)14(20)6-5-11-3-2-4-13(16)15(11)17/h2-4,10,12H,5-9,18H2,1H3. The van der Waals surface area contributed by atoms with Crippen LogP contribution in [0.25, 0.3) is 0 Å². The summed E-state index contributed by atoms with van der Waals surface area (Å²) in [6.45, 7) is 2.62. The maximum atomic E-state index is 13.5. The van der Waals surface area contributed by atoms with E-state index >= 15 is 0 Å². The molecule has 1 saturated heterocycles. The number of amides is 1. The first-order chi connectivity index (χ1) is 9.49. The maximum Gasteiger partial charge on any atom is 0.223 e. The third kappa shape index (κ3) is 3.33. The van der Waals surface area contributed by atoms with Crippen molar-refractivity contribution in [2.45, 2.75) is 44.7 Å². The topological polar surface area (TPSA) is 46.3 Å². The molecule has 1 fully saturated rings. The number of piperidine rings is 1. The predicted molar refractivity (Wildman–Crippen MR) is 73.1 cm³/mol. The van der Waals surface area contributed by atoms with E-state index in [4.69, 9.17) is 5.73 Å². The zero-order chi connectivity index (χ0) is 14.7. The Kier molecular flexibility index (Phi) is 4.70. The van der Waals surface area contributed by atoms with Gasteiger partial charge in [0.05, 0.1) is 0 Å². The van der Waals surface area contributed by atoms with E-state index in [1.807, 2.05) is 6.92 Å². The van der Waals surface area contributed by atoms with Crippen LogP contribution in [0.1, 0.15) is 31.7 Å². The normalized spacial score (nSPS) is 22.9. The fraction of sp³-hybridized carbons (Fsp3) is 0.533. The molecule has 0 bridgehead atoms. The molecule has 0 aromatic heterocycles. The van der Waals surface area contributed by atoms with Gasteiger partial charge in [0.2, 0.25) is 5.91 Å². The number of rotatable bonds is 3. The van der Waals surface area contributed by atoms with Gasteiger partial charge in [0.1, 0.15) is 0 Å². The van der Waals surface area contributed by atoms with Crippen LogP contribution in [0.4, 0.5) is 8.78 Å². The first-order valence-corrected chi connectivity index (χ1v) is 6.97. The Labute approximate surface area is 117 Å². The number of nitrogens with two attached hydrogens (primary N) is 1. The van der Waals surface area contributed by atoms with Crippen molar-refractivity contribution in [1.82, 2.24) is 4.90 Å². The molecule has 0 aliphatic carbocycles. The minimum atomic E-state index is -0.868. The van der Waals surface area contributed by atoms with Gasteiger partial charge in [0.15, 0.2) is 11.6 Å². The quantitative estimate of drug-likeness (QED) is 0.924. The van der Waals surface area contributed by atoms with E-state index in [9.17, 15) is 13.6 Å². The molecule has 20 heavy (non-hydrogen) atoms. The van der Waals surface area contributed by atoms with E-state index in [-0.39, 0.29) is 36.4 Å². The van der Waals surface area contributed by atoms with Gasteiger partial charge in [0, 0.05) is 25.0 Å². The maximum absolute atomic E-state index is 13.5. The molecule has 1 amide bonds. The molecule has 2 rings (SSSR count). The van der Waals surface area contributed by atoms with Gasteiger partial charge < -0.3 is 10.6 Å². The summed E-state index contributed by atoms with van der Waals surface area (Å²) in [4.78, 5) is 13.9. The Morgan fingerprint density at radius 3 is 2.90 bits per heavy atom. The van der Waals surface area contributed by atoms with Crippen LogP contribution in [0.5, 0.6) is 0 Å². The summed E-state index contributed by atoms with van der Waals surface area (Å²) in [6.07, 6.45) is 2.00. The summed E-state index contributed by atoms with van der Waals surface area (Å²) < 4.78 is 26.6. The molecule has 1 aromatic rings. The van der Waals surface area contributed by atoms with Crippen molar-refractivity contribution >= 4 is 5.91 Å². The Balaban J connectivity index is 1.93. The molecule has 5 heteroatoms. The van der Waals surface area contributed by atoms with Crippen LogP contribution in [0.15, 0.2) is 18.2 Å². The van der Waals surface area contributed by atoms with Crippen LogP contribution in [0.3, 0.4) is 0 Å². The van der Waals surface area contributed by atoms with Gasteiger partial charge in [0.25, 0.3) is 0 Å². The molecule has 0 radical (unpaired) electrons. The van der Waals surface area contributed by atoms with E-state index in [1.54, 1.807) is 4.90 Å². The Hall–Kier alpha value is -1.49. The molecular weight excluding hydrogens is 262 g/mol. The highest BCUT2D eigenvalue weighted by Crippen LogP contribution is 2.19. The summed E-state index contributed by atoms with van der Waals surface area (Å²) in [6, 6.07) is 4.31. The third-order valence-corrected chi connectivity index (χ3v) is 3.88. The number of nitrogens with zero attached hydrogens (tertiary/aromatic N) is 1. The second-order valence-corrected chi connectivity index (χ2v) is 5.43.